The van der Waals surface area contributed by atoms with Crippen LogP contribution in [0.2, 0.25) is 0 Å². The molecule has 122 valence electrons. The molecule has 1 saturated heterocycles. The number of hydrogen-bond donors (Lipinski definition) is 1. The Morgan fingerprint density at radius 1 is 1.35 bits per heavy atom. The highest BCUT2D eigenvalue weighted by Crippen LogP contribution is 2.35. The molecule has 0 aromatic heterocycles. The van der Waals surface area contributed by atoms with E-state index < -0.39 is 23.2 Å². The van der Waals surface area contributed by atoms with Crippen LogP contribution < -0.4 is 4.74 Å². The Balaban J connectivity index is 2.28. The third kappa shape index (κ3) is 3.31. The molecule has 1 aliphatic rings. The first-order valence-electron chi connectivity index (χ1n) is 6.61. The summed E-state index contributed by atoms with van der Waals surface area (Å²) in [5.41, 5.74) is 0.527. The number of ether oxygens (including phenoxy) is 2. The van der Waals surface area contributed by atoms with Gasteiger partial charge in [0, 0.05) is 0 Å². The number of aromatic hydroxyl groups is 1. The molecule has 1 heterocycles. The maximum atomic E-state index is 12.3. The lowest BCUT2D eigenvalue weighted by atomic mass is 10.2. The zero-order chi connectivity index (χ0) is 17.1. The summed E-state index contributed by atoms with van der Waals surface area (Å²) in [6, 6.07) is 3.60. The predicted octanol–water partition coefficient (Wildman–Crippen LogP) is 2.00. The second-order valence-corrected chi connectivity index (χ2v) is 5.68. The lowest BCUT2D eigenvalue weighted by Gasteiger charge is -2.18. The quantitative estimate of drug-likeness (QED) is 0.663. The van der Waals surface area contributed by atoms with Gasteiger partial charge in [-0.05, 0) is 42.5 Å². The van der Waals surface area contributed by atoms with Crippen molar-refractivity contribution in [2.45, 2.75) is 13.0 Å². The summed E-state index contributed by atoms with van der Waals surface area (Å²) in [4.78, 5) is 36.8. The van der Waals surface area contributed by atoms with Gasteiger partial charge < -0.3 is 14.6 Å². The van der Waals surface area contributed by atoms with Crippen molar-refractivity contribution in [2.24, 2.45) is 0 Å². The Bertz CT molecular complexity index is 699. The zero-order valence-corrected chi connectivity index (χ0v) is 13.5. The van der Waals surface area contributed by atoms with E-state index in [-0.39, 0.29) is 10.7 Å². The van der Waals surface area contributed by atoms with Crippen LogP contribution in [-0.4, -0.2) is 47.4 Å². The molecule has 23 heavy (non-hydrogen) atoms. The molecular weight excluding hydrogens is 322 g/mol. The molecule has 1 aliphatic heterocycles. The van der Waals surface area contributed by atoms with Gasteiger partial charge in [-0.15, -0.1) is 0 Å². The molecule has 1 aromatic rings. The first kappa shape index (κ1) is 16.9. The molecule has 7 nitrogen and oxygen atoms in total. The van der Waals surface area contributed by atoms with Gasteiger partial charge in [0.15, 0.2) is 11.5 Å². The predicted molar refractivity (Wildman–Crippen MR) is 83.9 cm³/mol. The number of thioether (sulfide) groups is 1. The van der Waals surface area contributed by atoms with E-state index in [2.05, 4.69) is 4.74 Å². The maximum absolute atomic E-state index is 12.3. The summed E-state index contributed by atoms with van der Waals surface area (Å²) in [5.74, 6) is -1.03. The summed E-state index contributed by atoms with van der Waals surface area (Å²) in [6.45, 7) is 1.42. The first-order valence-corrected chi connectivity index (χ1v) is 7.42. The minimum Gasteiger partial charge on any atom is -0.504 e. The fourth-order valence-corrected chi connectivity index (χ4v) is 2.95. The monoisotopic (exact) mass is 337 g/mol. The number of amides is 2. The van der Waals surface area contributed by atoms with Crippen LogP contribution in [0.5, 0.6) is 11.5 Å². The fourth-order valence-electron chi connectivity index (χ4n) is 2.04. The lowest BCUT2D eigenvalue weighted by Crippen LogP contribution is -2.42. The number of carbonyl (C=O) groups excluding carboxylic acids is 3. The van der Waals surface area contributed by atoms with Crippen molar-refractivity contribution in [3.8, 4) is 11.5 Å². The molecule has 0 radical (unpaired) electrons. The third-order valence-corrected chi connectivity index (χ3v) is 4.14. The van der Waals surface area contributed by atoms with Crippen molar-refractivity contribution in [3.05, 3.63) is 28.7 Å². The zero-order valence-electron chi connectivity index (χ0n) is 12.7. The standard InChI is InChI=1S/C15H15NO6S/c1-8(14(19)22-3)16-13(18)12(23-15(16)20)7-9-4-5-11(21-2)10(17)6-9/h4-8,17H,1-3H3/b12-7-/t8-/m0/s1. The van der Waals surface area contributed by atoms with Crippen LogP contribution in [0.15, 0.2) is 23.1 Å². The molecule has 1 atom stereocenters. The smallest absolute Gasteiger partial charge is 0.328 e. The first-order chi connectivity index (χ1) is 10.9. The van der Waals surface area contributed by atoms with Crippen molar-refractivity contribution in [2.75, 3.05) is 14.2 Å². The van der Waals surface area contributed by atoms with E-state index in [0.29, 0.717) is 11.3 Å². The van der Waals surface area contributed by atoms with Crippen LogP contribution in [0.1, 0.15) is 12.5 Å². The van der Waals surface area contributed by atoms with E-state index in [1.54, 1.807) is 12.1 Å². The number of phenolic OH excluding ortho intramolecular Hbond substituents is 1. The third-order valence-electron chi connectivity index (χ3n) is 3.25. The number of methoxy groups -OCH3 is 2. The molecule has 0 bridgehead atoms. The molecule has 0 unspecified atom stereocenters. The number of imide groups is 1. The van der Waals surface area contributed by atoms with E-state index in [0.717, 1.165) is 16.7 Å². The van der Waals surface area contributed by atoms with E-state index in [4.69, 9.17) is 4.74 Å². The van der Waals surface area contributed by atoms with Gasteiger partial charge >= 0.3 is 5.97 Å². The SMILES string of the molecule is COC(=O)[C@H](C)N1C(=O)S/C(=C\c2ccc(OC)c(O)c2)C1=O. The highest BCUT2D eigenvalue weighted by Gasteiger charge is 2.41. The minimum absolute atomic E-state index is 0.0802. The summed E-state index contributed by atoms with van der Waals surface area (Å²) in [6.07, 6.45) is 1.47. The van der Waals surface area contributed by atoms with Crippen molar-refractivity contribution in [1.29, 1.82) is 0 Å². The number of rotatable bonds is 4. The average Bonchev–Trinajstić information content (AvgIpc) is 2.80. The second kappa shape index (κ2) is 6.74. The summed E-state index contributed by atoms with van der Waals surface area (Å²) >= 11 is 0.727. The Hall–Kier alpha value is -2.48. The molecule has 1 aromatic carbocycles. The number of carbonyl (C=O) groups is 3. The molecule has 0 spiro atoms. The van der Waals surface area contributed by atoms with Crippen LogP contribution in [0.3, 0.4) is 0 Å². The maximum Gasteiger partial charge on any atom is 0.328 e. The van der Waals surface area contributed by atoms with Gasteiger partial charge in [-0.1, -0.05) is 6.07 Å². The number of nitrogens with zero attached hydrogens (tertiary/aromatic N) is 1. The number of phenols is 1. The van der Waals surface area contributed by atoms with Crippen molar-refractivity contribution in [1.82, 2.24) is 4.90 Å². The number of hydrogen-bond acceptors (Lipinski definition) is 7. The number of esters is 1. The molecule has 2 rings (SSSR count). The minimum atomic E-state index is -0.998. The van der Waals surface area contributed by atoms with Crippen LogP contribution in [0.4, 0.5) is 4.79 Å². The van der Waals surface area contributed by atoms with Gasteiger partial charge in [0.1, 0.15) is 6.04 Å². The van der Waals surface area contributed by atoms with Crippen molar-refractivity contribution < 1.29 is 29.0 Å². The number of benzene rings is 1. The van der Waals surface area contributed by atoms with E-state index in [1.165, 1.54) is 33.3 Å². The van der Waals surface area contributed by atoms with Gasteiger partial charge in [0.2, 0.25) is 0 Å². The summed E-state index contributed by atoms with van der Waals surface area (Å²) < 4.78 is 9.49. The topological polar surface area (TPSA) is 93.1 Å². The van der Waals surface area contributed by atoms with Gasteiger partial charge in [0.25, 0.3) is 11.1 Å². The normalized spacial score (nSPS) is 17.5. The second-order valence-electron chi connectivity index (χ2n) is 4.68. The van der Waals surface area contributed by atoms with Crippen LogP contribution in [0, 0.1) is 0 Å². The van der Waals surface area contributed by atoms with E-state index >= 15 is 0 Å². The van der Waals surface area contributed by atoms with E-state index in [1.807, 2.05) is 0 Å². The molecule has 0 saturated carbocycles. The Labute approximate surface area is 136 Å². The lowest BCUT2D eigenvalue weighted by molar-refractivity contribution is -0.148. The molecule has 1 N–H and O–H groups in total. The molecule has 2 amide bonds. The van der Waals surface area contributed by atoms with Crippen molar-refractivity contribution >= 4 is 35.0 Å². The van der Waals surface area contributed by atoms with Crippen molar-refractivity contribution in [3.63, 3.8) is 0 Å². The average molecular weight is 337 g/mol. The van der Waals surface area contributed by atoms with E-state index in [9.17, 15) is 19.5 Å². The highest BCUT2D eigenvalue weighted by atomic mass is 32.2. The molecule has 1 fully saturated rings. The Kier molecular flexibility index (Phi) is 4.95. The Morgan fingerprint density at radius 3 is 2.61 bits per heavy atom. The van der Waals surface area contributed by atoms with Gasteiger partial charge in [-0.2, -0.15) is 0 Å². The van der Waals surface area contributed by atoms with Gasteiger partial charge in [-0.25, -0.2) is 4.79 Å². The summed E-state index contributed by atoms with van der Waals surface area (Å²) in [5, 5.41) is 9.20. The van der Waals surface area contributed by atoms with Gasteiger partial charge in [0.05, 0.1) is 19.1 Å². The van der Waals surface area contributed by atoms with Crippen LogP contribution >= 0.6 is 11.8 Å². The van der Waals surface area contributed by atoms with Gasteiger partial charge in [-0.3, -0.25) is 14.5 Å². The Morgan fingerprint density at radius 2 is 2.04 bits per heavy atom. The van der Waals surface area contributed by atoms with Crippen LogP contribution in [0.25, 0.3) is 6.08 Å². The molecule has 0 aliphatic carbocycles. The molecular formula is C15H15NO6S. The fraction of sp³-hybridized carbons (Fsp3) is 0.267. The van der Waals surface area contributed by atoms with Crippen LogP contribution in [-0.2, 0) is 14.3 Å². The summed E-state index contributed by atoms with van der Waals surface area (Å²) in [7, 11) is 2.61. The molecule has 8 heteroatoms. The highest BCUT2D eigenvalue weighted by molar-refractivity contribution is 8.18. The largest absolute Gasteiger partial charge is 0.504 e.